The molecule has 1 amide bonds. The molecule has 2 aliphatic heterocycles. The second kappa shape index (κ2) is 5.16. The van der Waals surface area contributed by atoms with Crippen LogP contribution in [-0.2, 0) is 11.3 Å². The summed E-state index contributed by atoms with van der Waals surface area (Å²) in [4.78, 5) is 14.8. The quantitative estimate of drug-likeness (QED) is 0.919. The molecule has 0 aliphatic carbocycles. The number of carbonyl (C=O) groups excluding carboxylic acids is 1. The molecule has 4 rings (SSSR count). The van der Waals surface area contributed by atoms with E-state index in [4.69, 9.17) is 9.47 Å². The van der Waals surface area contributed by atoms with Crippen molar-refractivity contribution in [2.45, 2.75) is 32.9 Å². The van der Waals surface area contributed by atoms with Crippen LogP contribution in [0.3, 0.4) is 0 Å². The molecular weight excluding hydrogens is 304 g/mol. The minimum atomic E-state index is -0.675. The zero-order valence-corrected chi connectivity index (χ0v) is 14.1. The summed E-state index contributed by atoms with van der Waals surface area (Å²) in [7, 11) is 0. The van der Waals surface area contributed by atoms with E-state index in [9.17, 15) is 4.79 Å². The second-order valence-corrected chi connectivity index (χ2v) is 6.85. The molecule has 0 fully saturated rings. The van der Waals surface area contributed by atoms with Crippen molar-refractivity contribution in [1.29, 1.82) is 0 Å². The average molecular weight is 324 g/mol. The first-order valence-corrected chi connectivity index (χ1v) is 8.03. The summed E-state index contributed by atoms with van der Waals surface area (Å²) in [6.07, 6.45) is 0. The van der Waals surface area contributed by atoms with Gasteiger partial charge < -0.3 is 19.7 Å². The first-order valence-electron chi connectivity index (χ1n) is 8.03. The lowest BCUT2D eigenvalue weighted by molar-refractivity contribution is -0.122. The molecular formula is C19H20N2O3. The Morgan fingerprint density at radius 1 is 1.12 bits per heavy atom. The van der Waals surface area contributed by atoms with Crippen LogP contribution in [0.1, 0.15) is 25.0 Å². The third kappa shape index (κ3) is 2.37. The van der Waals surface area contributed by atoms with Crippen molar-refractivity contribution < 1.29 is 14.3 Å². The highest BCUT2D eigenvalue weighted by molar-refractivity contribution is 6.07. The number of amides is 1. The molecule has 5 nitrogen and oxygen atoms in total. The standard InChI is InChI=1S/C19H20N2O3/c1-12-4-6-13(7-5-12)10-21-15-9-17-16(23-11-24-17)8-14(15)20-19(2,3)18(21)22/h4-9,20H,10-11H2,1-3H3. The van der Waals surface area contributed by atoms with Crippen molar-refractivity contribution in [3.63, 3.8) is 0 Å². The Labute approximate surface area is 141 Å². The average Bonchev–Trinajstić information content (AvgIpc) is 2.99. The summed E-state index contributed by atoms with van der Waals surface area (Å²) in [6.45, 7) is 6.58. The number of hydrogen-bond donors (Lipinski definition) is 1. The lowest BCUT2D eigenvalue weighted by Gasteiger charge is -2.40. The topological polar surface area (TPSA) is 50.8 Å². The van der Waals surface area contributed by atoms with Gasteiger partial charge in [0, 0.05) is 12.1 Å². The minimum absolute atomic E-state index is 0.0365. The molecule has 124 valence electrons. The lowest BCUT2D eigenvalue weighted by atomic mass is 9.97. The number of fused-ring (bicyclic) bond motifs is 2. The molecule has 0 saturated heterocycles. The Bertz CT molecular complexity index is 812. The van der Waals surface area contributed by atoms with Gasteiger partial charge in [-0.1, -0.05) is 29.8 Å². The van der Waals surface area contributed by atoms with Crippen LogP contribution in [0.25, 0.3) is 0 Å². The largest absolute Gasteiger partial charge is 0.454 e. The zero-order chi connectivity index (χ0) is 16.9. The monoisotopic (exact) mass is 324 g/mol. The fraction of sp³-hybridized carbons (Fsp3) is 0.316. The van der Waals surface area contributed by atoms with Crippen LogP contribution in [0.15, 0.2) is 36.4 Å². The Morgan fingerprint density at radius 2 is 1.79 bits per heavy atom. The molecule has 1 N–H and O–H groups in total. The maximum Gasteiger partial charge on any atom is 0.252 e. The van der Waals surface area contributed by atoms with Gasteiger partial charge in [0.2, 0.25) is 6.79 Å². The summed E-state index contributed by atoms with van der Waals surface area (Å²) in [5.41, 5.74) is 3.33. The summed E-state index contributed by atoms with van der Waals surface area (Å²) in [5.74, 6) is 1.42. The molecule has 0 aromatic heterocycles. The molecule has 2 aromatic rings. The van der Waals surface area contributed by atoms with Crippen LogP contribution in [0.2, 0.25) is 0 Å². The maximum atomic E-state index is 13.0. The third-order valence-electron chi connectivity index (χ3n) is 4.47. The van der Waals surface area contributed by atoms with Gasteiger partial charge in [-0.15, -0.1) is 0 Å². The maximum absolute atomic E-state index is 13.0. The van der Waals surface area contributed by atoms with E-state index < -0.39 is 5.54 Å². The van der Waals surface area contributed by atoms with Crippen LogP contribution < -0.4 is 19.7 Å². The second-order valence-electron chi connectivity index (χ2n) is 6.85. The number of nitrogens with one attached hydrogen (secondary N) is 1. The third-order valence-corrected chi connectivity index (χ3v) is 4.47. The number of hydrogen-bond acceptors (Lipinski definition) is 4. The smallest absolute Gasteiger partial charge is 0.252 e. The molecule has 5 heteroatoms. The molecule has 0 unspecified atom stereocenters. The number of ether oxygens (including phenoxy) is 2. The van der Waals surface area contributed by atoms with Crippen LogP contribution in [0.4, 0.5) is 11.4 Å². The molecule has 0 spiro atoms. The van der Waals surface area contributed by atoms with Gasteiger partial charge in [0.05, 0.1) is 17.9 Å². The number of nitrogens with zero attached hydrogens (tertiary/aromatic N) is 1. The van der Waals surface area contributed by atoms with Crippen molar-refractivity contribution in [1.82, 2.24) is 0 Å². The van der Waals surface area contributed by atoms with Crippen molar-refractivity contribution >= 4 is 17.3 Å². The lowest BCUT2D eigenvalue weighted by Crippen LogP contribution is -2.53. The Kier molecular flexibility index (Phi) is 3.20. The van der Waals surface area contributed by atoms with E-state index in [0.29, 0.717) is 18.0 Å². The molecule has 0 saturated carbocycles. The SMILES string of the molecule is Cc1ccc(CN2C(=O)C(C)(C)Nc3cc4c(cc32)OCO4)cc1. The molecule has 2 aromatic carbocycles. The van der Waals surface area contributed by atoms with Crippen LogP contribution in [0, 0.1) is 6.92 Å². The van der Waals surface area contributed by atoms with E-state index in [1.54, 1.807) is 0 Å². The number of anilines is 2. The van der Waals surface area contributed by atoms with E-state index in [1.807, 2.05) is 30.9 Å². The van der Waals surface area contributed by atoms with Gasteiger partial charge in [-0.2, -0.15) is 0 Å². The predicted molar refractivity (Wildman–Crippen MR) is 92.6 cm³/mol. The van der Waals surface area contributed by atoms with Crippen molar-refractivity contribution in [2.24, 2.45) is 0 Å². The van der Waals surface area contributed by atoms with Gasteiger partial charge in [-0.3, -0.25) is 4.79 Å². The Morgan fingerprint density at radius 3 is 2.50 bits per heavy atom. The van der Waals surface area contributed by atoms with Gasteiger partial charge in [-0.05, 0) is 26.3 Å². The van der Waals surface area contributed by atoms with E-state index in [2.05, 4.69) is 36.5 Å². The highest BCUT2D eigenvalue weighted by Crippen LogP contribution is 2.45. The van der Waals surface area contributed by atoms with E-state index in [-0.39, 0.29) is 12.7 Å². The molecule has 2 heterocycles. The van der Waals surface area contributed by atoms with E-state index in [1.165, 1.54) is 5.56 Å². The molecule has 2 aliphatic rings. The Balaban J connectivity index is 1.77. The first-order chi connectivity index (χ1) is 11.4. The van der Waals surface area contributed by atoms with Crippen LogP contribution in [-0.4, -0.2) is 18.2 Å². The fourth-order valence-corrected chi connectivity index (χ4v) is 3.12. The van der Waals surface area contributed by atoms with Crippen molar-refractivity contribution in [3.05, 3.63) is 47.5 Å². The van der Waals surface area contributed by atoms with Gasteiger partial charge >= 0.3 is 0 Å². The van der Waals surface area contributed by atoms with Crippen LogP contribution in [0.5, 0.6) is 11.5 Å². The summed E-state index contributed by atoms with van der Waals surface area (Å²) < 4.78 is 10.9. The number of rotatable bonds is 2. The minimum Gasteiger partial charge on any atom is -0.454 e. The molecule has 24 heavy (non-hydrogen) atoms. The van der Waals surface area contributed by atoms with Gasteiger partial charge in [-0.25, -0.2) is 0 Å². The molecule has 0 bridgehead atoms. The van der Waals surface area contributed by atoms with Crippen molar-refractivity contribution in [3.8, 4) is 11.5 Å². The highest BCUT2D eigenvalue weighted by Gasteiger charge is 2.39. The normalized spacial score (nSPS) is 17.5. The van der Waals surface area contributed by atoms with Gasteiger partial charge in [0.15, 0.2) is 11.5 Å². The van der Waals surface area contributed by atoms with E-state index >= 15 is 0 Å². The van der Waals surface area contributed by atoms with Crippen LogP contribution >= 0.6 is 0 Å². The number of aryl methyl sites for hydroxylation is 1. The summed E-state index contributed by atoms with van der Waals surface area (Å²) in [5, 5.41) is 3.31. The zero-order valence-electron chi connectivity index (χ0n) is 14.1. The number of benzene rings is 2. The molecule has 0 radical (unpaired) electrons. The van der Waals surface area contributed by atoms with E-state index in [0.717, 1.165) is 16.9 Å². The predicted octanol–water partition coefficient (Wildman–Crippen LogP) is 3.46. The van der Waals surface area contributed by atoms with Crippen molar-refractivity contribution in [2.75, 3.05) is 17.0 Å². The summed E-state index contributed by atoms with van der Waals surface area (Å²) >= 11 is 0. The fourth-order valence-electron chi connectivity index (χ4n) is 3.12. The Hall–Kier alpha value is -2.69. The highest BCUT2D eigenvalue weighted by atomic mass is 16.7. The number of carbonyl (C=O) groups is 1. The van der Waals surface area contributed by atoms with Gasteiger partial charge in [0.1, 0.15) is 5.54 Å². The first kappa shape index (κ1) is 14.9. The van der Waals surface area contributed by atoms with Gasteiger partial charge in [0.25, 0.3) is 5.91 Å². The summed E-state index contributed by atoms with van der Waals surface area (Å²) in [6, 6.07) is 12.0. The molecule has 0 atom stereocenters.